The van der Waals surface area contributed by atoms with Crippen LogP contribution < -0.4 is 10.2 Å². The Morgan fingerprint density at radius 2 is 1.88 bits per heavy atom. The molecule has 1 amide bonds. The number of rotatable bonds is 4. The van der Waals surface area contributed by atoms with Crippen molar-refractivity contribution in [2.24, 2.45) is 0 Å². The fourth-order valence-corrected chi connectivity index (χ4v) is 3.34. The van der Waals surface area contributed by atoms with Gasteiger partial charge in [0.2, 0.25) is 0 Å². The van der Waals surface area contributed by atoms with Crippen molar-refractivity contribution in [1.82, 2.24) is 19.9 Å². The van der Waals surface area contributed by atoms with Crippen molar-refractivity contribution in [1.29, 1.82) is 0 Å². The average Bonchev–Trinajstić information content (AvgIpc) is 3.30. The first-order chi connectivity index (χ1) is 12.6. The fourth-order valence-electron chi connectivity index (χ4n) is 3.34. The van der Waals surface area contributed by atoms with Crippen molar-refractivity contribution in [2.45, 2.75) is 33.2 Å². The SMILES string of the molecule is Cc1ccc(CNC(=O)c2cc3c(N4CCCC4)nc(C)cn3n2)cc1. The lowest BCUT2D eigenvalue weighted by Gasteiger charge is -2.17. The number of fused-ring (bicyclic) bond motifs is 1. The maximum absolute atomic E-state index is 12.6. The smallest absolute Gasteiger partial charge is 0.272 e. The van der Waals surface area contributed by atoms with Crippen LogP contribution in [-0.2, 0) is 6.54 Å². The van der Waals surface area contributed by atoms with Crippen molar-refractivity contribution in [2.75, 3.05) is 18.0 Å². The molecule has 0 saturated carbocycles. The van der Waals surface area contributed by atoms with Gasteiger partial charge in [-0.15, -0.1) is 0 Å². The standard InChI is InChI=1S/C20H23N5O/c1-14-5-7-16(8-6-14)12-21-20(26)17-11-18-19(24-9-3-4-10-24)22-15(2)13-25(18)23-17/h5-8,11,13H,3-4,9-10,12H2,1-2H3,(H,21,26). The molecule has 4 rings (SSSR count). The highest BCUT2D eigenvalue weighted by molar-refractivity contribution is 5.94. The van der Waals surface area contributed by atoms with Gasteiger partial charge in [-0.1, -0.05) is 29.8 Å². The first-order valence-corrected chi connectivity index (χ1v) is 9.06. The van der Waals surface area contributed by atoms with E-state index in [1.165, 1.54) is 18.4 Å². The lowest BCUT2D eigenvalue weighted by atomic mass is 10.1. The summed E-state index contributed by atoms with van der Waals surface area (Å²) in [7, 11) is 0. The fraction of sp³-hybridized carbons (Fsp3) is 0.350. The minimum atomic E-state index is -0.167. The number of aryl methyl sites for hydroxylation is 2. The number of benzene rings is 1. The maximum Gasteiger partial charge on any atom is 0.272 e. The molecule has 2 aromatic heterocycles. The number of hydrogen-bond donors (Lipinski definition) is 1. The number of amides is 1. The Morgan fingerprint density at radius 3 is 2.62 bits per heavy atom. The summed E-state index contributed by atoms with van der Waals surface area (Å²) >= 11 is 0. The van der Waals surface area contributed by atoms with Crippen LogP contribution in [0.3, 0.4) is 0 Å². The molecule has 1 aliphatic rings. The van der Waals surface area contributed by atoms with E-state index >= 15 is 0 Å². The highest BCUT2D eigenvalue weighted by Gasteiger charge is 2.20. The van der Waals surface area contributed by atoms with Crippen LogP contribution in [0.2, 0.25) is 0 Å². The number of aromatic nitrogens is 3. The van der Waals surface area contributed by atoms with Crippen molar-refractivity contribution in [3.05, 3.63) is 59.0 Å². The van der Waals surface area contributed by atoms with Gasteiger partial charge in [0.25, 0.3) is 5.91 Å². The normalized spacial score (nSPS) is 14.2. The van der Waals surface area contributed by atoms with E-state index in [1.807, 2.05) is 50.4 Å². The minimum Gasteiger partial charge on any atom is -0.355 e. The second kappa shape index (κ2) is 6.78. The van der Waals surface area contributed by atoms with Crippen molar-refractivity contribution in [3.63, 3.8) is 0 Å². The molecule has 0 unspecified atom stereocenters. The summed E-state index contributed by atoms with van der Waals surface area (Å²) in [6.07, 6.45) is 4.23. The third kappa shape index (κ3) is 3.27. The summed E-state index contributed by atoms with van der Waals surface area (Å²) in [5, 5.41) is 7.42. The topological polar surface area (TPSA) is 62.5 Å². The molecule has 0 bridgehead atoms. The van der Waals surface area contributed by atoms with Crippen LogP contribution in [0.5, 0.6) is 0 Å². The van der Waals surface area contributed by atoms with Gasteiger partial charge in [0, 0.05) is 25.7 Å². The minimum absolute atomic E-state index is 0.167. The Kier molecular flexibility index (Phi) is 4.32. The summed E-state index contributed by atoms with van der Waals surface area (Å²) < 4.78 is 1.77. The van der Waals surface area contributed by atoms with E-state index in [4.69, 9.17) is 4.98 Å². The van der Waals surface area contributed by atoms with E-state index in [9.17, 15) is 4.79 Å². The Morgan fingerprint density at radius 1 is 1.15 bits per heavy atom. The van der Waals surface area contributed by atoms with Gasteiger partial charge in [-0.25, -0.2) is 9.50 Å². The van der Waals surface area contributed by atoms with Crippen molar-refractivity contribution >= 4 is 17.2 Å². The number of carbonyl (C=O) groups is 1. The monoisotopic (exact) mass is 349 g/mol. The Hall–Kier alpha value is -2.89. The predicted molar refractivity (Wildman–Crippen MR) is 102 cm³/mol. The molecule has 3 heterocycles. The number of nitrogens with one attached hydrogen (secondary N) is 1. The molecule has 0 atom stereocenters. The van der Waals surface area contributed by atoms with E-state index in [1.54, 1.807) is 4.52 Å². The zero-order chi connectivity index (χ0) is 18.1. The van der Waals surface area contributed by atoms with E-state index in [0.717, 1.165) is 35.7 Å². The van der Waals surface area contributed by atoms with E-state index in [2.05, 4.69) is 15.3 Å². The molecular formula is C20H23N5O. The highest BCUT2D eigenvalue weighted by Crippen LogP contribution is 2.24. The molecule has 1 fully saturated rings. The molecule has 134 valence electrons. The van der Waals surface area contributed by atoms with Crippen LogP contribution >= 0.6 is 0 Å². The van der Waals surface area contributed by atoms with E-state index < -0.39 is 0 Å². The second-order valence-corrected chi connectivity index (χ2v) is 6.93. The molecule has 1 N–H and O–H groups in total. The number of nitrogens with zero attached hydrogens (tertiary/aromatic N) is 4. The molecular weight excluding hydrogens is 326 g/mol. The molecule has 0 spiro atoms. The first kappa shape index (κ1) is 16.6. The Labute approximate surface area is 152 Å². The van der Waals surface area contributed by atoms with Gasteiger partial charge in [-0.3, -0.25) is 4.79 Å². The second-order valence-electron chi connectivity index (χ2n) is 6.93. The van der Waals surface area contributed by atoms with Crippen molar-refractivity contribution in [3.8, 4) is 0 Å². The zero-order valence-electron chi connectivity index (χ0n) is 15.2. The van der Waals surface area contributed by atoms with Crippen LogP contribution in [0.1, 0.15) is 40.2 Å². The molecule has 6 heteroatoms. The highest BCUT2D eigenvalue weighted by atomic mass is 16.1. The van der Waals surface area contributed by atoms with Gasteiger partial charge in [0.1, 0.15) is 5.52 Å². The van der Waals surface area contributed by atoms with E-state index in [0.29, 0.717) is 12.2 Å². The number of carbonyl (C=O) groups excluding carboxylic acids is 1. The molecule has 6 nitrogen and oxygen atoms in total. The molecule has 0 aliphatic carbocycles. The van der Waals surface area contributed by atoms with Gasteiger partial charge in [0.15, 0.2) is 11.5 Å². The summed E-state index contributed by atoms with van der Waals surface area (Å²) in [5.74, 6) is 0.756. The molecule has 0 radical (unpaired) electrons. The van der Waals surface area contributed by atoms with Gasteiger partial charge in [-0.2, -0.15) is 5.10 Å². The average molecular weight is 349 g/mol. The van der Waals surface area contributed by atoms with Gasteiger partial charge in [0.05, 0.1) is 11.9 Å². The summed E-state index contributed by atoms with van der Waals surface area (Å²) in [6, 6.07) is 9.98. The van der Waals surface area contributed by atoms with Gasteiger partial charge >= 0.3 is 0 Å². The Balaban J connectivity index is 1.57. The van der Waals surface area contributed by atoms with Crippen LogP contribution in [0.15, 0.2) is 36.5 Å². The van der Waals surface area contributed by atoms with Crippen LogP contribution in [0, 0.1) is 13.8 Å². The molecule has 26 heavy (non-hydrogen) atoms. The number of hydrogen-bond acceptors (Lipinski definition) is 4. The summed E-state index contributed by atoms with van der Waals surface area (Å²) in [6.45, 7) is 6.51. The van der Waals surface area contributed by atoms with Crippen LogP contribution in [0.25, 0.3) is 5.52 Å². The Bertz CT molecular complexity index is 939. The summed E-state index contributed by atoms with van der Waals surface area (Å²) in [4.78, 5) is 19.5. The first-order valence-electron chi connectivity index (χ1n) is 9.06. The van der Waals surface area contributed by atoms with Crippen molar-refractivity contribution < 1.29 is 4.79 Å². The quantitative estimate of drug-likeness (QED) is 0.787. The molecule has 1 saturated heterocycles. The molecule has 1 aromatic carbocycles. The third-order valence-electron chi connectivity index (χ3n) is 4.77. The zero-order valence-corrected chi connectivity index (χ0v) is 15.2. The third-order valence-corrected chi connectivity index (χ3v) is 4.77. The predicted octanol–water partition coefficient (Wildman–Crippen LogP) is 2.88. The number of anilines is 1. The molecule has 3 aromatic rings. The van der Waals surface area contributed by atoms with Crippen LogP contribution in [0.4, 0.5) is 5.82 Å². The maximum atomic E-state index is 12.6. The van der Waals surface area contributed by atoms with E-state index in [-0.39, 0.29) is 5.91 Å². The lowest BCUT2D eigenvalue weighted by molar-refractivity contribution is 0.0945. The largest absolute Gasteiger partial charge is 0.355 e. The molecule has 1 aliphatic heterocycles. The van der Waals surface area contributed by atoms with Crippen LogP contribution in [-0.4, -0.2) is 33.6 Å². The van der Waals surface area contributed by atoms with Gasteiger partial charge in [-0.05, 0) is 32.3 Å². The summed E-state index contributed by atoms with van der Waals surface area (Å²) in [5.41, 5.74) is 4.48. The lowest BCUT2D eigenvalue weighted by Crippen LogP contribution is -2.23. The van der Waals surface area contributed by atoms with Gasteiger partial charge < -0.3 is 10.2 Å².